The molecule has 124 valence electrons. The second-order valence-corrected chi connectivity index (χ2v) is 7.95. The number of hydrogen-bond acceptors (Lipinski definition) is 3. The van der Waals surface area contributed by atoms with E-state index in [4.69, 9.17) is 4.98 Å². The van der Waals surface area contributed by atoms with Crippen LogP contribution in [0.25, 0.3) is 21.3 Å². The Hall–Kier alpha value is -1.87. The van der Waals surface area contributed by atoms with E-state index in [2.05, 4.69) is 55.6 Å². The molecule has 2 aromatic carbocycles. The van der Waals surface area contributed by atoms with E-state index in [1.54, 1.807) is 11.3 Å². The minimum Gasteiger partial charge on any atom is -0.359 e. The number of rotatable bonds is 3. The lowest BCUT2D eigenvalue weighted by Crippen LogP contribution is -2.21. The molecule has 0 unspecified atom stereocenters. The topological polar surface area (TPSA) is 24.9 Å². The fourth-order valence-electron chi connectivity index (χ4n) is 3.87. The molecule has 24 heavy (non-hydrogen) atoms. The number of nitrogens with one attached hydrogen (secondary N) is 1. The number of para-hydroxylation sites is 1. The molecule has 2 nitrogen and oxygen atoms in total. The zero-order chi connectivity index (χ0) is 16.5. The first-order chi connectivity index (χ1) is 11.7. The number of fused-ring (bicyclic) bond motifs is 1. The third-order valence-electron chi connectivity index (χ3n) is 5.10. The number of nitrogens with zero attached hydrogens (tertiary/aromatic N) is 1. The molecule has 3 heteroatoms. The predicted molar refractivity (Wildman–Crippen MR) is 105 cm³/mol. The molecule has 1 saturated carbocycles. The maximum absolute atomic E-state index is 4.97. The molecule has 0 aliphatic heterocycles. The van der Waals surface area contributed by atoms with E-state index in [0.29, 0.717) is 6.04 Å². The summed E-state index contributed by atoms with van der Waals surface area (Å²) in [5, 5.41) is 4.76. The lowest BCUT2D eigenvalue weighted by Gasteiger charge is -2.22. The summed E-state index contributed by atoms with van der Waals surface area (Å²) < 4.78 is 1.27. The van der Waals surface area contributed by atoms with Gasteiger partial charge in [0.05, 0.1) is 10.2 Å². The summed E-state index contributed by atoms with van der Waals surface area (Å²) in [7, 11) is 0. The van der Waals surface area contributed by atoms with E-state index in [-0.39, 0.29) is 0 Å². The molecule has 3 aromatic rings. The van der Waals surface area contributed by atoms with Crippen LogP contribution < -0.4 is 5.32 Å². The second-order valence-electron chi connectivity index (χ2n) is 6.92. The Bertz CT molecular complexity index is 839. The summed E-state index contributed by atoms with van der Waals surface area (Å²) in [6, 6.07) is 13.7. The van der Waals surface area contributed by atoms with Crippen LogP contribution in [-0.2, 0) is 0 Å². The van der Waals surface area contributed by atoms with Gasteiger partial charge in [-0.3, -0.25) is 0 Å². The molecular formula is C21H24N2S. The van der Waals surface area contributed by atoms with Gasteiger partial charge in [0.2, 0.25) is 0 Å². The number of aryl methyl sites for hydroxylation is 2. The molecule has 4 rings (SSSR count). The molecule has 1 aliphatic carbocycles. The molecule has 1 heterocycles. The standard InChI is InChI=1S/C21H24N2S/c1-14-8-6-9-15(2)19(14)17-12-7-13-18-20(17)23-21(24-18)22-16-10-4-3-5-11-16/h6-9,12-13,16H,3-5,10-11H2,1-2H3,(H,22,23). The van der Waals surface area contributed by atoms with Crippen LogP contribution in [0.3, 0.4) is 0 Å². The van der Waals surface area contributed by atoms with Gasteiger partial charge in [-0.2, -0.15) is 0 Å². The van der Waals surface area contributed by atoms with Gasteiger partial charge in [-0.25, -0.2) is 4.98 Å². The van der Waals surface area contributed by atoms with Crippen LogP contribution in [0, 0.1) is 13.8 Å². The number of anilines is 1. The molecule has 1 fully saturated rings. The zero-order valence-electron chi connectivity index (χ0n) is 14.4. The molecule has 0 bridgehead atoms. The van der Waals surface area contributed by atoms with E-state index in [1.165, 1.54) is 59.1 Å². The van der Waals surface area contributed by atoms with Gasteiger partial charge in [-0.1, -0.05) is 60.9 Å². The minimum absolute atomic E-state index is 0.600. The van der Waals surface area contributed by atoms with Gasteiger partial charge in [0.15, 0.2) is 5.13 Å². The van der Waals surface area contributed by atoms with Gasteiger partial charge >= 0.3 is 0 Å². The predicted octanol–water partition coefficient (Wildman–Crippen LogP) is 6.32. The molecule has 0 spiro atoms. The quantitative estimate of drug-likeness (QED) is 0.605. The van der Waals surface area contributed by atoms with Crippen LogP contribution in [0.2, 0.25) is 0 Å². The lowest BCUT2D eigenvalue weighted by atomic mass is 9.95. The Morgan fingerprint density at radius 2 is 1.67 bits per heavy atom. The molecular weight excluding hydrogens is 312 g/mol. The van der Waals surface area contributed by atoms with Crippen molar-refractivity contribution >= 4 is 26.7 Å². The van der Waals surface area contributed by atoms with Crippen molar-refractivity contribution < 1.29 is 0 Å². The van der Waals surface area contributed by atoms with Crippen molar-refractivity contribution in [1.82, 2.24) is 4.98 Å². The normalized spacial score (nSPS) is 15.8. The lowest BCUT2D eigenvalue weighted by molar-refractivity contribution is 0.462. The first-order valence-corrected chi connectivity index (χ1v) is 9.77. The van der Waals surface area contributed by atoms with E-state index >= 15 is 0 Å². The third kappa shape index (κ3) is 2.93. The Labute approximate surface area is 147 Å². The highest BCUT2D eigenvalue weighted by atomic mass is 32.1. The molecule has 0 amide bonds. The Balaban J connectivity index is 1.75. The Morgan fingerprint density at radius 3 is 2.42 bits per heavy atom. The average molecular weight is 337 g/mol. The van der Waals surface area contributed by atoms with Gasteiger partial charge in [0.1, 0.15) is 0 Å². The molecule has 1 aromatic heterocycles. The highest BCUT2D eigenvalue weighted by Crippen LogP contribution is 2.37. The van der Waals surface area contributed by atoms with E-state index < -0.39 is 0 Å². The maximum Gasteiger partial charge on any atom is 0.184 e. The van der Waals surface area contributed by atoms with Gasteiger partial charge < -0.3 is 5.32 Å². The van der Waals surface area contributed by atoms with E-state index in [1.807, 2.05) is 0 Å². The SMILES string of the molecule is Cc1cccc(C)c1-c1cccc2sc(NC3CCCCC3)nc12. The fourth-order valence-corrected chi connectivity index (χ4v) is 4.84. The number of thiazole rings is 1. The number of benzene rings is 2. The summed E-state index contributed by atoms with van der Waals surface area (Å²) in [4.78, 5) is 4.97. The van der Waals surface area contributed by atoms with Gasteiger partial charge in [-0.05, 0) is 49.4 Å². The smallest absolute Gasteiger partial charge is 0.184 e. The average Bonchev–Trinajstić information content (AvgIpc) is 2.99. The minimum atomic E-state index is 0.600. The highest BCUT2D eigenvalue weighted by Gasteiger charge is 2.17. The van der Waals surface area contributed by atoms with Crippen molar-refractivity contribution in [3.05, 3.63) is 47.5 Å². The first kappa shape index (κ1) is 15.6. The number of aromatic nitrogens is 1. The van der Waals surface area contributed by atoms with Crippen LogP contribution in [0.15, 0.2) is 36.4 Å². The highest BCUT2D eigenvalue weighted by molar-refractivity contribution is 7.22. The van der Waals surface area contributed by atoms with Crippen LogP contribution in [0.1, 0.15) is 43.2 Å². The summed E-state index contributed by atoms with van der Waals surface area (Å²) >= 11 is 1.79. The Kier molecular flexibility index (Phi) is 4.28. The van der Waals surface area contributed by atoms with Crippen LogP contribution in [0.4, 0.5) is 5.13 Å². The Morgan fingerprint density at radius 1 is 0.958 bits per heavy atom. The van der Waals surface area contributed by atoms with Crippen molar-refractivity contribution in [3.8, 4) is 11.1 Å². The molecule has 0 radical (unpaired) electrons. The molecule has 1 N–H and O–H groups in total. The molecule has 1 aliphatic rings. The third-order valence-corrected chi connectivity index (χ3v) is 6.05. The van der Waals surface area contributed by atoms with Gasteiger partial charge in [0.25, 0.3) is 0 Å². The maximum atomic E-state index is 4.97. The van der Waals surface area contributed by atoms with Crippen molar-refractivity contribution in [2.24, 2.45) is 0 Å². The fraction of sp³-hybridized carbons (Fsp3) is 0.381. The summed E-state index contributed by atoms with van der Waals surface area (Å²) in [6.45, 7) is 4.38. The van der Waals surface area contributed by atoms with Crippen molar-refractivity contribution in [1.29, 1.82) is 0 Å². The van der Waals surface area contributed by atoms with Crippen LogP contribution in [0.5, 0.6) is 0 Å². The summed E-state index contributed by atoms with van der Waals surface area (Å²) in [6.07, 6.45) is 6.63. The number of hydrogen-bond donors (Lipinski definition) is 1. The summed E-state index contributed by atoms with van der Waals surface area (Å²) in [5.74, 6) is 0. The van der Waals surface area contributed by atoms with E-state index in [0.717, 1.165) is 10.6 Å². The molecule has 0 atom stereocenters. The summed E-state index contributed by atoms with van der Waals surface area (Å²) in [5.41, 5.74) is 6.36. The zero-order valence-corrected chi connectivity index (χ0v) is 15.2. The van der Waals surface area contributed by atoms with Crippen LogP contribution >= 0.6 is 11.3 Å². The first-order valence-electron chi connectivity index (χ1n) is 8.95. The monoisotopic (exact) mass is 336 g/mol. The van der Waals surface area contributed by atoms with Crippen molar-refractivity contribution in [2.45, 2.75) is 52.0 Å². The largest absolute Gasteiger partial charge is 0.359 e. The van der Waals surface area contributed by atoms with Crippen molar-refractivity contribution in [3.63, 3.8) is 0 Å². The molecule has 0 saturated heterocycles. The van der Waals surface area contributed by atoms with Crippen molar-refractivity contribution in [2.75, 3.05) is 5.32 Å². The van der Waals surface area contributed by atoms with Crippen LogP contribution in [-0.4, -0.2) is 11.0 Å². The second kappa shape index (κ2) is 6.56. The van der Waals surface area contributed by atoms with Gasteiger partial charge in [0, 0.05) is 11.6 Å². The van der Waals surface area contributed by atoms with E-state index in [9.17, 15) is 0 Å². The van der Waals surface area contributed by atoms with Gasteiger partial charge in [-0.15, -0.1) is 0 Å².